The van der Waals surface area contributed by atoms with Crippen LogP contribution in [0.4, 0.5) is 5.69 Å². The summed E-state index contributed by atoms with van der Waals surface area (Å²) in [5.41, 5.74) is 1.42. The number of hydrogen-bond donors (Lipinski definition) is 2. The second kappa shape index (κ2) is 11.8. The van der Waals surface area contributed by atoms with Crippen molar-refractivity contribution >= 4 is 17.5 Å². The molecule has 0 aromatic heterocycles. The Balaban J connectivity index is 1.68. The Hall–Kier alpha value is -1.88. The molecule has 2 amide bonds. The molecule has 2 N–H and O–H groups in total. The van der Waals surface area contributed by atoms with Crippen molar-refractivity contribution in [3.05, 3.63) is 29.8 Å². The fourth-order valence-electron chi connectivity index (χ4n) is 3.35. The second-order valence-electron chi connectivity index (χ2n) is 7.69. The molecule has 0 aliphatic carbocycles. The third-order valence-corrected chi connectivity index (χ3v) is 5.23. The molecule has 0 bridgehead atoms. The van der Waals surface area contributed by atoms with Gasteiger partial charge in [-0.3, -0.25) is 9.59 Å². The Morgan fingerprint density at radius 2 is 1.70 bits per heavy atom. The monoisotopic (exact) mass is 373 g/mol. The van der Waals surface area contributed by atoms with Crippen LogP contribution in [0.1, 0.15) is 69.2 Å². The van der Waals surface area contributed by atoms with E-state index in [1.54, 1.807) is 12.1 Å². The molecule has 1 aromatic carbocycles. The van der Waals surface area contributed by atoms with Crippen LogP contribution in [0.3, 0.4) is 0 Å². The lowest BCUT2D eigenvalue weighted by molar-refractivity contribution is -0.115. The Morgan fingerprint density at radius 1 is 1.04 bits per heavy atom. The van der Waals surface area contributed by atoms with Gasteiger partial charge in [0.2, 0.25) is 5.91 Å². The van der Waals surface area contributed by atoms with Crippen LogP contribution in [0.5, 0.6) is 0 Å². The first-order valence-corrected chi connectivity index (χ1v) is 10.5. The highest BCUT2D eigenvalue weighted by atomic mass is 16.2. The van der Waals surface area contributed by atoms with E-state index in [0.29, 0.717) is 18.0 Å². The summed E-state index contributed by atoms with van der Waals surface area (Å²) in [6.45, 7) is 7.31. The van der Waals surface area contributed by atoms with Crippen LogP contribution in [-0.2, 0) is 4.79 Å². The van der Waals surface area contributed by atoms with Crippen LogP contribution in [0.2, 0.25) is 0 Å². The van der Waals surface area contributed by atoms with E-state index >= 15 is 0 Å². The fourth-order valence-corrected chi connectivity index (χ4v) is 3.35. The Bertz CT molecular complexity index is 578. The van der Waals surface area contributed by atoms with Gasteiger partial charge < -0.3 is 15.5 Å². The average molecular weight is 374 g/mol. The maximum Gasteiger partial charge on any atom is 0.253 e. The highest BCUT2D eigenvalue weighted by Gasteiger charge is 2.21. The third-order valence-electron chi connectivity index (χ3n) is 5.23. The highest BCUT2D eigenvalue weighted by molar-refractivity contribution is 5.96. The highest BCUT2D eigenvalue weighted by Crippen LogP contribution is 2.19. The van der Waals surface area contributed by atoms with Gasteiger partial charge in [0.25, 0.3) is 5.91 Å². The molecule has 5 heteroatoms. The lowest BCUT2D eigenvalue weighted by Crippen LogP contribution is -2.37. The summed E-state index contributed by atoms with van der Waals surface area (Å²) in [4.78, 5) is 26.5. The molecule has 1 saturated heterocycles. The molecule has 0 spiro atoms. The number of anilines is 1. The van der Waals surface area contributed by atoms with Crippen molar-refractivity contribution in [1.29, 1.82) is 0 Å². The lowest BCUT2D eigenvalue weighted by Gasteiger charge is -2.30. The topological polar surface area (TPSA) is 61.4 Å². The molecule has 0 atom stereocenters. The largest absolute Gasteiger partial charge is 0.339 e. The number of nitrogens with zero attached hydrogens (tertiary/aromatic N) is 1. The summed E-state index contributed by atoms with van der Waals surface area (Å²) in [5, 5.41) is 6.06. The zero-order valence-electron chi connectivity index (χ0n) is 16.9. The molecule has 1 fully saturated rings. The van der Waals surface area contributed by atoms with Crippen LogP contribution in [-0.4, -0.2) is 42.9 Å². The van der Waals surface area contributed by atoms with Gasteiger partial charge in [0.1, 0.15) is 0 Å². The van der Waals surface area contributed by atoms with Crippen molar-refractivity contribution < 1.29 is 9.59 Å². The summed E-state index contributed by atoms with van der Waals surface area (Å²) in [6, 6.07) is 7.22. The Morgan fingerprint density at radius 3 is 2.37 bits per heavy atom. The number of piperidine rings is 1. The number of amides is 2. The molecule has 5 nitrogen and oxygen atoms in total. The number of carbonyl (C=O) groups is 2. The first kappa shape index (κ1) is 21.4. The fraction of sp³-hybridized carbons (Fsp3) is 0.636. The number of likely N-dealkylation sites (tertiary alicyclic amines) is 1. The van der Waals surface area contributed by atoms with Crippen LogP contribution in [0.25, 0.3) is 0 Å². The number of unbranched alkanes of at least 4 members (excludes halogenated alkanes) is 4. The minimum atomic E-state index is -0.0485. The van der Waals surface area contributed by atoms with Crippen LogP contribution in [0.15, 0.2) is 24.3 Å². The lowest BCUT2D eigenvalue weighted by atomic mass is 9.98. The summed E-state index contributed by atoms with van der Waals surface area (Å²) in [7, 11) is 0. The van der Waals surface area contributed by atoms with Crippen molar-refractivity contribution in [2.45, 2.75) is 58.8 Å². The molecule has 0 unspecified atom stereocenters. The minimum Gasteiger partial charge on any atom is -0.339 e. The van der Waals surface area contributed by atoms with Gasteiger partial charge >= 0.3 is 0 Å². The zero-order chi connectivity index (χ0) is 19.5. The Labute approximate surface area is 163 Å². The van der Waals surface area contributed by atoms with Crippen LogP contribution >= 0.6 is 0 Å². The molecule has 0 radical (unpaired) electrons. The summed E-state index contributed by atoms with van der Waals surface area (Å²) < 4.78 is 0. The molecule has 1 aromatic rings. The molecule has 1 aliphatic heterocycles. The van der Waals surface area contributed by atoms with Gasteiger partial charge in [-0.25, -0.2) is 0 Å². The third kappa shape index (κ3) is 7.71. The van der Waals surface area contributed by atoms with E-state index in [4.69, 9.17) is 0 Å². The van der Waals surface area contributed by atoms with E-state index in [1.165, 1.54) is 25.7 Å². The molecular formula is C22H35N3O2. The summed E-state index contributed by atoms with van der Waals surface area (Å²) in [6.07, 6.45) is 8.28. The first-order chi connectivity index (χ1) is 13.1. The summed E-state index contributed by atoms with van der Waals surface area (Å²) in [5.74, 6) is 0.744. The van der Waals surface area contributed by atoms with Gasteiger partial charge in [-0.1, -0.05) is 39.5 Å². The number of carbonyl (C=O) groups excluding carboxylic acids is 2. The number of benzene rings is 1. The van der Waals surface area contributed by atoms with E-state index in [-0.39, 0.29) is 11.8 Å². The Kier molecular flexibility index (Phi) is 9.32. The quantitative estimate of drug-likeness (QED) is 0.608. The maximum absolute atomic E-state index is 12.5. The SMILES string of the molecule is CCCCCCCNCC(=O)Nc1ccc(C(=O)N2CCC(C)CC2)cc1. The molecule has 1 aliphatic rings. The molecule has 27 heavy (non-hydrogen) atoms. The van der Waals surface area contributed by atoms with Crippen molar-refractivity contribution in [3.63, 3.8) is 0 Å². The molecule has 2 rings (SSSR count). The van der Waals surface area contributed by atoms with Gasteiger partial charge in [-0.15, -0.1) is 0 Å². The normalized spacial score (nSPS) is 15.0. The van der Waals surface area contributed by atoms with Crippen molar-refractivity contribution in [3.8, 4) is 0 Å². The van der Waals surface area contributed by atoms with Gasteiger partial charge in [-0.05, 0) is 56.0 Å². The number of hydrogen-bond acceptors (Lipinski definition) is 3. The smallest absolute Gasteiger partial charge is 0.253 e. The van der Waals surface area contributed by atoms with E-state index < -0.39 is 0 Å². The zero-order valence-corrected chi connectivity index (χ0v) is 16.9. The molecule has 150 valence electrons. The second-order valence-corrected chi connectivity index (χ2v) is 7.69. The van der Waals surface area contributed by atoms with E-state index in [1.807, 2.05) is 17.0 Å². The predicted molar refractivity (Wildman–Crippen MR) is 111 cm³/mol. The first-order valence-electron chi connectivity index (χ1n) is 10.5. The number of rotatable bonds is 10. The van der Waals surface area contributed by atoms with Crippen molar-refractivity contribution in [2.75, 3.05) is 31.5 Å². The minimum absolute atomic E-state index is 0.0485. The van der Waals surface area contributed by atoms with E-state index in [9.17, 15) is 9.59 Å². The maximum atomic E-state index is 12.5. The van der Waals surface area contributed by atoms with Crippen LogP contribution in [0, 0.1) is 5.92 Å². The van der Waals surface area contributed by atoms with Gasteiger partial charge in [0.05, 0.1) is 6.54 Å². The van der Waals surface area contributed by atoms with E-state index in [2.05, 4.69) is 24.5 Å². The molecule has 0 saturated carbocycles. The van der Waals surface area contributed by atoms with E-state index in [0.717, 1.165) is 44.6 Å². The van der Waals surface area contributed by atoms with Crippen molar-refractivity contribution in [2.24, 2.45) is 5.92 Å². The average Bonchev–Trinajstić information content (AvgIpc) is 2.68. The van der Waals surface area contributed by atoms with Gasteiger partial charge in [-0.2, -0.15) is 0 Å². The van der Waals surface area contributed by atoms with Gasteiger partial charge in [0.15, 0.2) is 0 Å². The van der Waals surface area contributed by atoms with Crippen molar-refractivity contribution in [1.82, 2.24) is 10.2 Å². The number of nitrogens with one attached hydrogen (secondary N) is 2. The van der Waals surface area contributed by atoms with Gasteiger partial charge in [0, 0.05) is 24.3 Å². The molecule has 1 heterocycles. The summed E-state index contributed by atoms with van der Waals surface area (Å²) >= 11 is 0. The predicted octanol–water partition coefficient (Wildman–Crippen LogP) is 4.06. The van der Waals surface area contributed by atoms with Crippen LogP contribution < -0.4 is 10.6 Å². The molecular weight excluding hydrogens is 338 g/mol. The standard InChI is InChI=1S/C22H35N3O2/c1-3-4-5-6-7-14-23-17-21(26)24-20-10-8-19(9-11-20)22(27)25-15-12-18(2)13-16-25/h8-11,18,23H,3-7,12-17H2,1-2H3,(H,24,26).